The van der Waals surface area contributed by atoms with Crippen molar-refractivity contribution in [1.82, 2.24) is 0 Å². The normalized spacial score (nSPS) is 21.5. The third-order valence-corrected chi connectivity index (χ3v) is 7.07. The second-order valence-electron chi connectivity index (χ2n) is 9.08. The molecule has 3 heteroatoms. The van der Waals surface area contributed by atoms with E-state index in [1.807, 2.05) is 0 Å². The summed E-state index contributed by atoms with van der Waals surface area (Å²) in [6.45, 7) is 2.28. The van der Waals surface area contributed by atoms with Crippen molar-refractivity contribution in [3.05, 3.63) is 69.8 Å². The highest BCUT2D eigenvalue weighted by Gasteiger charge is 2.30. The molecule has 0 aromatic heterocycles. The number of rotatable bonds is 5. The Kier molecular flexibility index (Phi) is 6.03. The van der Waals surface area contributed by atoms with E-state index in [1.54, 1.807) is 28.8 Å². The highest BCUT2D eigenvalue weighted by Crippen LogP contribution is 2.37. The van der Waals surface area contributed by atoms with Crippen LogP contribution in [0.1, 0.15) is 72.4 Å². The van der Waals surface area contributed by atoms with Crippen LogP contribution in [0.25, 0.3) is 0 Å². The molecule has 0 amide bonds. The summed E-state index contributed by atoms with van der Waals surface area (Å²) in [6.07, 6.45) is 7.66. The summed E-state index contributed by atoms with van der Waals surface area (Å²) in [4.78, 5) is 0. The van der Waals surface area contributed by atoms with Crippen LogP contribution >= 0.6 is 0 Å². The lowest BCUT2D eigenvalue weighted by molar-refractivity contribution is -0.137. The number of hydrogen-bond acceptors (Lipinski definition) is 0. The SMILES string of the molecule is CCCC1CCc2c(ccc3c2CCC(CCc2ccc(C(F)(F)F)cc2)C3)C1. The minimum absolute atomic E-state index is 0.557. The van der Waals surface area contributed by atoms with Crippen molar-refractivity contribution in [2.45, 2.75) is 77.3 Å². The van der Waals surface area contributed by atoms with Crippen molar-refractivity contribution in [2.24, 2.45) is 11.8 Å². The lowest BCUT2D eigenvalue weighted by Gasteiger charge is -2.32. The van der Waals surface area contributed by atoms with Crippen molar-refractivity contribution in [3.8, 4) is 0 Å². The number of halogens is 3. The minimum Gasteiger partial charge on any atom is -0.166 e. The standard InChI is InChI=1S/C26H31F3/c1-2-3-19-8-14-24-21(16-19)10-11-22-17-20(9-15-25(22)24)5-4-18-6-12-23(13-7-18)26(27,28)29/h6-7,10-13,19-20H,2-5,8-9,14-17H2,1H3. The van der Waals surface area contributed by atoms with Crippen LogP contribution in [-0.2, 0) is 38.3 Å². The van der Waals surface area contributed by atoms with Crippen LogP contribution in [0.4, 0.5) is 13.2 Å². The molecule has 2 unspecified atom stereocenters. The summed E-state index contributed by atoms with van der Waals surface area (Å²) < 4.78 is 38.2. The molecule has 2 aromatic rings. The second-order valence-corrected chi connectivity index (χ2v) is 9.08. The molecule has 0 heterocycles. The zero-order valence-corrected chi connectivity index (χ0v) is 17.3. The molecule has 156 valence electrons. The summed E-state index contributed by atoms with van der Waals surface area (Å²) >= 11 is 0. The van der Waals surface area contributed by atoms with E-state index in [0.717, 1.165) is 30.7 Å². The van der Waals surface area contributed by atoms with Gasteiger partial charge < -0.3 is 0 Å². The highest BCUT2D eigenvalue weighted by atomic mass is 19.4. The average molecular weight is 401 g/mol. The molecule has 29 heavy (non-hydrogen) atoms. The van der Waals surface area contributed by atoms with Crippen molar-refractivity contribution >= 4 is 0 Å². The van der Waals surface area contributed by atoms with Crippen LogP contribution < -0.4 is 0 Å². The van der Waals surface area contributed by atoms with Crippen molar-refractivity contribution in [2.75, 3.05) is 0 Å². The van der Waals surface area contributed by atoms with Crippen LogP contribution in [0.15, 0.2) is 36.4 Å². The molecular formula is C26H31F3. The van der Waals surface area contributed by atoms with E-state index in [4.69, 9.17) is 0 Å². The molecule has 0 radical (unpaired) electrons. The maximum absolute atomic E-state index is 12.7. The fraction of sp³-hybridized carbons (Fsp3) is 0.538. The molecule has 0 aliphatic heterocycles. The van der Waals surface area contributed by atoms with Gasteiger partial charge in [-0.3, -0.25) is 0 Å². The van der Waals surface area contributed by atoms with Crippen LogP contribution in [0.2, 0.25) is 0 Å². The van der Waals surface area contributed by atoms with Gasteiger partial charge in [0.15, 0.2) is 0 Å². The molecule has 0 N–H and O–H groups in total. The molecule has 2 atom stereocenters. The first-order valence-electron chi connectivity index (χ1n) is 11.2. The quantitative estimate of drug-likeness (QED) is 0.492. The molecule has 0 fully saturated rings. The van der Waals surface area contributed by atoms with E-state index in [0.29, 0.717) is 5.92 Å². The number of aryl methyl sites for hydroxylation is 1. The molecular weight excluding hydrogens is 369 g/mol. The van der Waals surface area contributed by atoms with E-state index >= 15 is 0 Å². The van der Waals surface area contributed by atoms with Gasteiger partial charge >= 0.3 is 6.18 Å². The molecule has 0 nitrogen and oxygen atoms in total. The molecule has 4 rings (SSSR count). The summed E-state index contributed by atoms with van der Waals surface area (Å²) in [5, 5.41) is 0. The number of alkyl halides is 3. The number of benzene rings is 2. The van der Waals surface area contributed by atoms with Crippen molar-refractivity contribution < 1.29 is 13.2 Å². The Hall–Kier alpha value is -1.77. The second kappa shape index (κ2) is 8.53. The van der Waals surface area contributed by atoms with Crippen molar-refractivity contribution in [1.29, 1.82) is 0 Å². The van der Waals surface area contributed by atoms with Gasteiger partial charge in [0.25, 0.3) is 0 Å². The first-order valence-corrected chi connectivity index (χ1v) is 11.2. The Morgan fingerprint density at radius 3 is 1.86 bits per heavy atom. The average Bonchev–Trinajstić information content (AvgIpc) is 2.71. The van der Waals surface area contributed by atoms with E-state index in [-0.39, 0.29) is 0 Å². The van der Waals surface area contributed by atoms with Gasteiger partial charge in [-0.25, -0.2) is 0 Å². The lowest BCUT2D eigenvalue weighted by Crippen LogP contribution is -2.21. The van der Waals surface area contributed by atoms with Crippen LogP contribution in [0.3, 0.4) is 0 Å². The van der Waals surface area contributed by atoms with Gasteiger partial charge in [0.2, 0.25) is 0 Å². The van der Waals surface area contributed by atoms with Crippen molar-refractivity contribution in [3.63, 3.8) is 0 Å². The largest absolute Gasteiger partial charge is 0.416 e. The van der Waals surface area contributed by atoms with Gasteiger partial charge in [-0.05, 0) is 103 Å². The first-order chi connectivity index (χ1) is 13.9. The third-order valence-electron chi connectivity index (χ3n) is 7.07. The Morgan fingerprint density at radius 2 is 1.34 bits per heavy atom. The van der Waals surface area contributed by atoms with Gasteiger partial charge in [0, 0.05) is 0 Å². The smallest absolute Gasteiger partial charge is 0.166 e. The van der Waals surface area contributed by atoms with Gasteiger partial charge in [-0.15, -0.1) is 0 Å². The lowest BCUT2D eigenvalue weighted by atomic mass is 9.73. The fourth-order valence-corrected chi connectivity index (χ4v) is 5.45. The Bertz CT molecular complexity index is 832. The summed E-state index contributed by atoms with van der Waals surface area (Å²) in [5.74, 6) is 1.50. The summed E-state index contributed by atoms with van der Waals surface area (Å²) in [7, 11) is 0. The van der Waals surface area contributed by atoms with E-state index < -0.39 is 11.7 Å². The minimum atomic E-state index is -4.25. The summed E-state index contributed by atoms with van der Waals surface area (Å²) in [6, 6.07) is 10.5. The maximum atomic E-state index is 12.7. The van der Waals surface area contributed by atoms with Gasteiger partial charge in [0.05, 0.1) is 5.56 Å². The van der Waals surface area contributed by atoms with Crippen LogP contribution in [-0.4, -0.2) is 0 Å². The third kappa shape index (κ3) is 4.70. The molecule has 2 aliphatic carbocycles. The van der Waals surface area contributed by atoms with Gasteiger partial charge in [0.1, 0.15) is 0 Å². The topological polar surface area (TPSA) is 0 Å². The van der Waals surface area contributed by atoms with Gasteiger partial charge in [-0.2, -0.15) is 13.2 Å². The first kappa shape index (κ1) is 20.5. The number of hydrogen-bond donors (Lipinski definition) is 0. The zero-order valence-electron chi connectivity index (χ0n) is 17.3. The Morgan fingerprint density at radius 1 is 0.793 bits per heavy atom. The predicted molar refractivity (Wildman–Crippen MR) is 112 cm³/mol. The Labute approximate surface area is 172 Å². The fourth-order valence-electron chi connectivity index (χ4n) is 5.45. The monoisotopic (exact) mass is 400 g/mol. The zero-order chi connectivity index (χ0) is 20.4. The molecule has 0 bridgehead atoms. The molecule has 0 spiro atoms. The molecule has 0 saturated carbocycles. The summed E-state index contributed by atoms with van der Waals surface area (Å²) in [5.41, 5.74) is 6.85. The van der Waals surface area contributed by atoms with Crippen LogP contribution in [0, 0.1) is 11.8 Å². The maximum Gasteiger partial charge on any atom is 0.416 e. The van der Waals surface area contributed by atoms with E-state index in [2.05, 4.69) is 19.1 Å². The molecule has 2 aliphatic rings. The van der Waals surface area contributed by atoms with E-state index in [1.165, 1.54) is 62.6 Å². The van der Waals surface area contributed by atoms with E-state index in [9.17, 15) is 13.2 Å². The Balaban J connectivity index is 1.37. The van der Waals surface area contributed by atoms with Crippen LogP contribution in [0.5, 0.6) is 0 Å². The predicted octanol–water partition coefficient (Wildman–Crippen LogP) is 7.35. The molecule has 2 aromatic carbocycles. The number of fused-ring (bicyclic) bond motifs is 3. The molecule has 0 saturated heterocycles. The van der Waals surface area contributed by atoms with Gasteiger partial charge in [-0.1, -0.05) is 44.0 Å². The highest BCUT2D eigenvalue weighted by molar-refractivity contribution is 5.44.